The summed E-state index contributed by atoms with van der Waals surface area (Å²) in [6.07, 6.45) is 0. The number of halogens is 1. The average Bonchev–Trinajstić information content (AvgIpc) is 2.47. The van der Waals surface area contributed by atoms with Gasteiger partial charge < -0.3 is 9.73 Å². The Morgan fingerprint density at radius 2 is 1.91 bits per heavy atom. The summed E-state index contributed by atoms with van der Waals surface area (Å²) in [5.74, 6) is -0.290. The van der Waals surface area contributed by atoms with Crippen LogP contribution in [0, 0.1) is 6.92 Å². The minimum absolute atomic E-state index is 0.290. The van der Waals surface area contributed by atoms with Crippen molar-refractivity contribution in [2.45, 2.75) is 6.92 Å². The first-order valence-corrected chi connectivity index (χ1v) is 7.02. The fraction of sp³-hybridized carbons (Fsp3) is 0.0588. The Morgan fingerprint density at radius 1 is 1.09 bits per heavy atom. The molecular weight excluding hydrogens is 302 g/mol. The van der Waals surface area contributed by atoms with Crippen molar-refractivity contribution in [3.63, 3.8) is 0 Å². The molecule has 110 valence electrons. The largest absolute Gasteiger partial charge is 0.423 e. The van der Waals surface area contributed by atoms with E-state index in [9.17, 15) is 9.59 Å². The molecule has 1 N–H and O–H groups in total. The Balaban J connectivity index is 1.90. The highest BCUT2D eigenvalue weighted by Gasteiger charge is 2.11. The van der Waals surface area contributed by atoms with E-state index in [0.717, 1.165) is 10.9 Å². The normalized spacial score (nSPS) is 10.6. The molecule has 0 radical (unpaired) electrons. The van der Waals surface area contributed by atoms with Crippen LogP contribution in [0.1, 0.15) is 15.9 Å². The number of hydrogen-bond donors (Lipinski definition) is 1. The van der Waals surface area contributed by atoms with Crippen LogP contribution in [0.25, 0.3) is 11.0 Å². The number of aryl methyl sites for hydroxylation is 1. The molecule has 5 heteroatoms. The third-order valence-electron chi connectivity index (χ3n) is 3.25. The molecule has 0 fully saturated rings. The molecule has 1 aromatic heterocycles. The maximum absolute atomic E-state index is 12.3. The van der Waals surface area contributed by atoms with E-state index in [1.807, 2.05) is 13.0 Å². The van der Waals surface area contributed by atoms with E-state index in [4.69, 9.17) is 16.0 Å². The van der Waals surface area contributed by atoms with Crippen LogP contribution in [0.15, 0.2) is 57.7 Å². The molecule has 22 heavy (non-hydrogen) atoms. The second-order valence-electron chi connectivity index (χ2n) is 4.94. The SMILES string of the molecule is Cc1ccc(C(=O)Nc2ccc3oc(=O)ccc3c2)c(Cl)c1. The maximum Gasteiger partial charge on any atom is 0.336 e. The summed E-state index contributed by atoms with van der Waals surface area (Å²) < 4.78 is 5.05. The molecule has 2 aromatic carbocycles. The van der Waals surface area contributed by atoms with Gasteiger partial charge in [0.15, 0.2) is 0 Å². The number of nitrogens with one attached hydrogen (secondary N) is 1. The van der Waals surface area contributed by atoms with Crippen molar-refractivity contribution in [3.05, 3.63) is 75.1 Å². The summed E-state index contributed by atoms with van der Waals surface area (Å²) in [5.41, 5.74) is 2.06. The highest BCUT2D eigenvalue weighted by Crippen LogP contribution is 2.21. The van der Waals surface area contributed by atoms with Gasteiger partial charge in [0.25, 0.3) is 5.91 Å². The molecule has 0 aliphatic heterocycles. The molecule has 0 saturated heterocycles. The molecule has 0 aliphatic carbocycles. The zero-order valence-corrected chi connectivity index (χ0v) is 12.5. The van der Waals surface area contributed by atoms with Crippen LogP contribution < -0.4 is 10.9 Å². The van der Waals surface area contributed by atoms with Gasteiger partial charge in [0.05, 0.1) is 10.6 Å². The second kappa shape index (κ2) is 5.66. The van der Waals surface area contributed by atoms with Crippen molar-refractivity contribution >= 4 is 34.2 Å². The van der Waals surface area contributed by atoms with Crippen LogP contribution in [0.4, 0.5) is 5.69 Å². The average molecular weight is 314 g/mol. The molecule has 0 atom stereocenters. The van der Waals surface area contributed by atoms with Crippen LogP contribution in [0.5, 0.6) is 0 Å². The fourth-order valence-corrected chi connectivity index (χ4v) is 2.47. The summed E-state index contributed by atoms with van der Waals surface area (Å²) in [5, 5.41) is 3.92. The van der Waals surface area contributed by atoms with Crippen molar-refractivity contribution in [1.29, 1.82) is 0 Å². The number of amides is 1. The van der Waals surface area contributed by atoms with Crippen molar-refractivity contribution in [2.24, 2.45) is 0 Å². The molecule has 3 rings (SSSR count). The summed E-state index contributed by atoms with van der Waals surface area (Å²) >= 11 is 6.09. The van der Waals surface area contributed by atoms with E-state index in [2.05, 4.69) is 5.32 Å². The number of carbonyl (C=O) groups is 1. The second-order valence-corrected chi connectivity index (χ2v) is 5.35. The van der Waals surface area contributed by atoms with Gasteiger partial charge in [0.2, 0.25) is 0 Å². The van der Waals surface area contributed by atoms with Gasteiger partial charge >= 0.3 is 5.63 Å². The van der Waals surface area contributed by atoms with Gasteiger partial charge in [0.1, 0.15) is 5.58 Å². The van der Waals surface area contributed by atoms with Crippen LogP contribution in [-0.4, -0.2) is 5.91 Å². The van der Waals surface area contributed by atoms with Crippen LogP contribution in [0.2, 0.25) is 5.02 Å². The molecule has 0 aliphatic rings. The maximum atomic E-state index is 12.3. The van der Waals surface area contributed by atoms with E-state index in [1.165, 1.54) is 6.07 Å². The Morgan fingerprint density at radius 3 is 2.68 bits per heavy atom. The number of carbonyl (C=O) groups excluding carboxylic acids is 1. The minimum Gasteiger partial charge on any atom is -0.423 e. The minimum atomic E-state index is -0.407. The number of fused-ring (bicyclic) bond motifs is 1. The van der Waals surface area contributed by atoms with Gasteiger partial charge in [-0.15, -0.1) is 0 Å². The highest BCUT2D eigenvalue weighted by atomic mass is 35.5. The molecular formula is C17H12ClNO3. The molecule has 4 nitrogen and oxygen atoms in total. The van der Waals surface area contributed by atoms with Gasteiger partial charge in [-0.1, -0.05) is 17.7 Å². The lowest BCUT2D eigenvalue weighted by Crippen LogP contribution is -2.12. The van der Waals surface area contributed by atoms with Crippen LogP contribution in [0.3, 0.4) is 0 Å². The molecule has 0 spiro atoms. The summed E-state index contributed by atoms with van der Waals surface area (Å²) in [4.78, 5) is 23.4. The smallest absolute Gasteiger partial charge is 0.336 e. The van der Waals surface area contributed by atoms with Gasteiger partial charge in [-0.25, -0.2) is 4.79 Å². The molecule has 3 aromatic rings. The number of benzene rings is 2. The predicted octanol–water partition coefficient (Wildman–Crippen LogP) is 4.01. The highest BCUT2D eigenvalue weighted by molar-refractivity contribution is 6.34. The first-order chi connectivity index (χ1) is 10.5. The van der Waals surface area contributed by atoms with Crippen molar-refractivity contribution in [2.75, 3.05) is 5.32 Å². The quantitative estimate of drug-likeness (QED) is 0.727. The van der Waals surface area contributed by atoms with E-state index in [1.54, 1.807) is 36.4 Å². The van der Waals surface area contributed by atoms with Crippen LogP contribution >= 0.6 is 11.6 Å². The standard InChI is InChI=1S/C17H12ClNO3/c1-10-2-5-13(14(18)8-10)17(21)19-12-4-6-15-11(9-12)3-7-16(20)22-15/h2-9H,1H3,(H,19,21). The van der Waals surface area contributed by atoms with Gasteiger partial charge in [0, 0.05) is 17.1 Å². The predicted molar refractivity (Wildman–Crippen MR) is 86.6 cm³/mol. The third-order valence-corrected chi connectivity index (χ3v) is 3.56. The fourth-order valence-electron chi connectivity index (χ4n) is 2.15. The Labute approximate surface area is 131 Å². The van der Waals surface area contributed by atoms with Gasteiger partial charge in [-0.3, -0.25) is 4.79 Å². The molecule has 0 saturated carbocycles. The number of anilines is 1. The summed E-state index contributed by atoms with van der Waals surface area (Å²) in [6.45, 7) is 1.91. The Hall–Kier alpha value is -2.59. The van der Waals surface area contributed by atoms with Crippen LogP contribution in [-0.2, 0) is 0 Å². The molecule has 0 bridgehead atoms. The lowest BCUT2D eigenvalue weighted by Gasteiger charge is -2.08. The first kappa shape index (κ1) is 14.4. The van der Waals surface area contributed by atoms with Gasteiger partial charge in [-0.05, 0) is 48.9 Å². The number of rotatable bonds is 2. The van der Waals surface area contributed by atoms with E-state index in [-0.39, 0.29) is 5.91 Å². The van der Waals surface area contributed by atoms with E-state index < -0.39 is 5.63 Å². The first-order valence-electron chi connectivity index (χ1n) is 6.64. The molecule has 0 unspecified atom stereocenters. The van der Waals surface area contributed by atoms with E-state index >= 15 is 0 Å². The summed E-state index contributed by atoms with van der Waals surface area (Å²) in [7, 11) is 0. The Kier molecular flexibility index (Phi) is 3.69. The van der Waals surface area contributed by atoms with Crippen molar-refractivity contribution in [3.8, 4) is 0 Å². The number of hydrogen-bond acceptors (Lipinski definition) is 3. The monoisotopic (exact) mass is 313 g/mol. The van der Waals surface area contributed by atoms with Crippen molar-refractivity contribution < 1.29 is 9.21 Å². The zero-order valence-electron chi connectivity index (χ0n) is 11.7. The molecule has 1 heterocycles. The zero-order chi connectivity index (χ0) is 15.7. The summed E-state index contributed by atoms with van der Waals surface area (Å²) in [6, 6.07) is 13.3. The topological polar surface area (TPSA) is 59.3 Å². The molecule has 1 amide bonds. The van der Waals surface area contributed by atoms with Gasteiger partial charge in [-0.2, -0.15) is 0 Å². The van der Waals surface area contributed by atoms with Crippen molar-refractivity contribution in [1.82, 2.24) is 0 Å². The lowest BCUT2D eigenvalue weighted by molar-refractivity contribution is 0.102. The van der Waals surface area contributed by atoms with E-state index in [0.29, 0.717) is 21.9 Å². The Bertz CT molecular complexity index is 931. The lowest BCUT2D eigenvalue weighted by atomic mass is 10.1. The third kappa shape index (κ3) is 2.87.